The van der Waals surface area contributed by atoms with Crippen LogP contribution in [0.5, 0.6) is 5.75 Å². The molecule has 31 heavy (non-hydrogen) atoms. The smallest absolute Gasteiger partial charge is 0.433 e. The van der Waals surface area contributed by atoms with Crippen LogP contribution in [0, 0.1) is 10.1 Å². The maximum atomic E-state index is 13.2. The highest BCUT2D eigenvalue weighted by Gasteiger charge is 2.27. The van der Waals surface area contributed by atoms with Crippen molar-refractivity contribution in [1.82, 2.24) is 9.88 Å². The van der Waals surface area contributed by atoms with Crippen LogP contribution in [0.3, 0.4) is 0 Å². The third kappa shape index (κ3) is 5.13. The minimum atomic E-state index is -0.668. The van der Waals surface area contributed by atoms with Crippen molar-refractivity contribution in [2.24, 2.45) is 0 Å². The van der Waals surface area contributed by atoms with E-state index in [-0.39, 0.29) is 18.2 Å². The lowest BCUT2D eigenvalue weighted by molar-refractivity contribution is -0.402. The molecule has 0 radical (unpaired) electrons. The summed E-state index contributed by atoms with van der Waals surface area (Å²) < 4.78 is 16.7. The largest absolute Gasteiger partial charge is 0.497 e. The van der Waals surface area contributed by atoms with Gasteiger partial charge in [-0.3, -0.25) is 24.7 Å². The normalized spacial score (nSPS) is 14.2. The van der Waals surface area contributed by atoms with Crippen molar-refractivity contribution in [2.45, 2.75) is 0 Å². The zero-order valence-corrected chi connectivity index (χ0v) is 18.3. The molecule has 1 aromatic carbocycles. The Hall–Kier alpha value is -2.73. The number of morpholine rings is 1. The molecule has 0 aliphatic carbocycles. The molecule has 1 amide bonds. The van der Waals surface area contributed by atoms with E-state index in [2.05, 4.69) is 9.88 Å². The molecule has 0 atom stereocenters. The number of nitro groups is 1. The molecule has 0 saturated carbocycles. The average molecular weight is 469 g/mol. The van der Waals surface area contributed by atoms with Gasteiger partial charge in [0, 0.05) is 32.2 Å². The van der Waals surface area contributed by atoms with E-state index < -0.39 is 16.7 Å². The number of anilines is 1. The van der Waals surface area contributed by atoms with Crippen LogP contribution < -0.4 is 9.64 Å². The lowest BCUT2D eigenvalue weighted by Crippen LogP contribution is -2.43. The van der Waals surface area contributed by atoms with Crippen LogP contribution >= 0.6 is 23.7 Å². The summed E-state index contributed by atoms with van der Waals surface area (Å²) >= 11 is 1.37. The van der Waals surface area contributed by atoms with E-state index in [1.807, 2.05) is 12.1 Å². The topological polar surface area (TPSA) is 111 Å². The number of hydrogen-bond acceptors (Lipinski definition) is 9. The quantitative estimate of drug-likeness (QED) is 0.384. The van der Waals surface area contributed by atoms with E-state index in [1.165, 1.54) is 28.4 Å². The number of thiazole rings is 1. The number of ether oxygens (including phenoxy) is 2. The molecule has 3 aromatic rings. The predicted octanol–water partition coefficient (Wildman–Crippen LogP) is 3.21. The van der Waals surface area contributed by atoms with Crippen molar-refractivity contribution in [3.05, 3.63) is 46.2 Å². The average Bonchev–Trinajstić information content (AvgIpc) is 3.41. The number of methoxy groups -OCH3 is 1. The Morgan fingerprint density at radius 1 is 1.32 bits per heavy atom. The van der Waals surface area contributed by atoms with Crippen molar-refractivity contribution >= 4 is 50.9 Å². The van der Waals surface area contributed by atoms with Gasteiger partial charge in [0.25, 0.3) is 5.91 Å². The third-order valence-electron chi connectivity index (χ3n) is 4.79. The van der Waals surface area contributed by atoms with Gasteiger partial charge in [-0.05, 0) is 18.2 Å². The molecule has 1 fully saturated rings. The Kier molecular flexibility index (Phi) is 7.44. The second kappa shape index (κ2) is 10.1. The van der Waals surface area contributed by atoms with Gasteiger partial charge in [-0.1, -0.05) is 11.3 Å². The van der Waals surface area contributed by atoms with E-state index in [0.29, 0.717) is 42.7 Å². The molecule has 0 unspecified atom stereocenters. The first-order chi connectivity index (χ1) is 14.5. The zero-order valence-electron chi connectivity index (χ0n) is 16.7. The van der Waals surface area contributed by atoms with Crippen molar-refractivity contribution in [1.29, 1.82) is 0 Å². The summed E-state index contributed by atoms with van der Waals surface area (Å²) in [6.45, 7) is 3.86. The zero-order chi connectivity index (χ0) is 21.1. The first-order valence-electron chi connectivity index (χ1n) is 9.36. The monoisotopic (exact) mass is 468 g/mol. The van der Waals surface area contributed by atoms with Crippen molar-refractivity contribution in [2.75, 3.05) is 51.4 Å². The molecule has 0 spiro atoms. The fourth-order valence-corrected chi connectivity index (χ4v) is 4.13. The minimum Gasteiger partial charge on any atom is -0.497 e. The summed E-state index contributed by atoms with van der Waals surface area (Å²) in [4.78, 5) is 31.7. The number of carbonyl (C=O) groups is 1. The van der Waals surface area contributed by atoms with Gasteiger partial charge in [0.2, 0.25) is 0 Å². The number of amides is 1. The fraction of sp³-hybridized carbons (Fsp3) is 0.368. The van der Waals surface area contributed by atoms with Gasteiger partial charge in [0.05, 0.1) is 36.6 Å². The van der Waals surface area contributed by atoms with Crippen LogP contribution in [-0.4, -0.2) is 67.2 Å². The first kappa shape index (κ1) is 22.9. The highest BCUT2D eigenvalue weighted by atomic mass is 35.5. The third-order valence-corrected chi connectivity index (χ3v) is 5.84. The number of rotatable bonds is 7. The van der Waals surface area contributed by atoms with Gasteiger partial charge in [-0.25, -0.2) is 4.98 Å². The summed E-state index contributed by atoms with van der Waals surface area (Å²) in [7, 11) is 1.58. The summed E-state index contributed by atoms with van der Waals surface area (Å²) in [5.41, 5.74) is 0.712. The number of fused-ring (bicyclic) bond motifs is 1. The summed E-state index contributed by atoms with van der Waals surface area (Å²) in [6, 6.07) is 8.02. The van der Waals surface area contributed by atoms with Gasteiger partial charge in [0.1, 0.15) is 10.7 Å². The highest BCUT2D eigenvalue weighted by Crippen LogP contribution is 2.32. The second-order valence-corrected chi connectivity index (χ2v) is 7.64. The maximum Gasteiger partial charge on any atom is 0.433 e. The molecule has 1 aliphatic rings. The SMILES string of the molecule is COc1ccc2sc(N(CCN3CCOCC3)C(=O)c3ccc([N+](=O)[O-])o3)nc2c1.Cl. The molecule has 166 valence electrons. The fourth-order valence-electron chi connectivity index (χ4n) is 3.16. The van der Waals surface area contributed by atoms with Gasteiger partial charge in [-0.2, -0.15) is 0 Å². The first-order valence-corrected chi connectivity index (χ1v) is 10.2. The van der Waals surface area contributed by atoms with Crippen LogP contribution in [0.4, 0.5) is 11.0 Å². The Balaban J connectivity index is 0.00000272. The van der Waals surface area contributed by atoms with E-state index in [1.54, 1.807) is 13.2 Å². The summed E-state index contributed by atoms with van der Waals surface area (Å²) in [5.74, 6) is -0.365. The molecule has 3 heterocycles. The molecule has 10 nitrogen and oxygen atoms in total. The van der Waals surface area contributed by atoms with E-state index in [9.17, 15) is 14.9 Å². The molecular formula is C19H21ClN4O6S. The Labute approximate surface area is 187 Å². The van der Waals surface area contributed by atoms with Gasteiger partial charge < -0.3 is 13.9 Å². The standard InChI is InChI=1S/C19H20N4O6S.ClH/c1-27-13-2-4-16-14(12-13)20-19(30-16)22(7-6-21-8-10-28-11-9-21)18(24)15-3-5-17(29-15)23(25)26;/h2-5,12H,6-11H2,1H3;1H. The maximum absolute atomic E-state index is 13.2. The Bertz CT molecular complexity index is 1060. The van der Waals surface area contributed by atoms with Crippen molar-refractivity contribution < 1.29 is 23.6 Å². The molecule has 12 heteroatoms. The number of hydrogen-bond donors (Lipinski definition) is 0. The second-order valence-electron chi connectivity index (χ2n) is 6.64. The Morgan fingerprint density at radius 2 is 2.10 bits per heavy atom. The lowest BCUT2D eigenvalue weighted by atomic mass is 10.3. The number of furan rings is 1. The molecule has 0 N–H and O–H groups in total. The highest BCUT2D eigenvalue weighted by molar-refractivity contribution is 7.22. The van der Waals surface area contributed by atoms with Crippen LogP contribution in [0.25, 0.3) is 10.2 Å². The van der Waals surface area contributed by atoms with Crippen LogP contribution in [0.15, 0.2) is 34.7 Å². The summed E-state index contributed by atoms with van der Waals surface area (Å²) in [5, 5.41) is 11.4. The van der Waals surface area contributed by atoms with E-state index in [0.717, 1.165) is 17.8 Å². The van der Waals surface area contributed by atoms with Crippen molar-refractivity contribution in [3.63, 3.8) is 0 Å². The lowest BCUT2D eigenvalue weighted by Gasteiger charge is -2.28. The van der Waals surface area contributed by atoms with E-state index in [4.69, 9.17) is 13.9 Å². The number of aromatic nitrogens is 1. The van der Waals surface area contributed by atoms with Crippen LogP contribution in [-0.2, 0) is 4.74 Å². The number of halogens is 1. The van der Waals surface area contributed by atoms with Crippen molar-refractivity contribution in [3.8, 4) is 5.75 Å². The number of benzene rings is 1. The van der Waals surface area contributed by atoms with Crippen LogP contribution in [0.1, 0.15) is 10.6 Å². The molecular weight excluding hydrogens is 448 g/mol. The number of carbonyl (C=O) groups excluding carboxylic acids is 1. The van der Waals surface area contributed by atoms with Gasteiger partial charge in [-0.15, -0.1) is 12.4 Å². The molecule has 1 saturated heterocycles. The molecule has 1 aliphatic heterocycles. The Morgan fingerprint density at radius 3 is 2.77 bits per heavy atom. The molecule has 0 bridgehead atoms. The minimum absolute atomic E-state index is 0. The van der Waals surface area contributed by atoms with Gasteiger partial charge >= 0.3 is 5.88 Å². The molecule has 4 rings (SSSR count). The van der Waals surface area contributed by atoms with Gasteiger partial charge in [0.15, 0.2) is 10.9 Å². The number of nitrogens with zero attached hydrogens (tertiary/aromatic N) is 4. The van der Waals surface area contributed by atoms with E-state index >= 15 is 0 Å². The van der Waals surface area contributed by atoms with Crippen LogP contribution in [0.2, 0.25) is 0 Å². The predicted molar refractivity (Wildman–Crippen MR) is 118 cm³/mol. The summed E-state index contributed by atoms with van der Waals surface area (Å²) in [6.07, 6.45) is 0. The molecule has 2 aromatic heterocycles.